The highest BCUT2D eigenvalue weighted by molar-refractivity contribution is 5.83. The first-order valence-corrected chi connectivity index (χ1v) is 8.16. The smallest absolute Gasteiger partial charge is 0.224 e. The summed E-state index contributed by atoms with van der Waals surface area (Å²) in [6, 6.07) is 4.11. The van der Waals surface area contributed by atoms with E-state index >= 15 is 0 Å². The number of allylic oxidation sites excluding steroid dienone is 2. The molecule has 1 aromatic rings. The molecule has 1 aliphatic rings. The Morgan fingerprint density at radius 2 is 2.14 bits per heavy atom. The zero-order chi connectivity index (χ0) is 16.3. The maximum atomic E-state index is 12.3. The molecule has 0 bridgehead atoms. The number of aromatic nitrogens is 1. The Labute approximate surface area is 134 Å². The molecule has 22 heavy (non-hydrogen) atoms. The predicted octanol–water partition coefficient (Wildman–Crippen LogP) is 3.68. The Hall–Kier alpha value is -1.64. The molecule has 1 saturated carbocycles. The lowest BCUT2D eigenvalue weighted by molar-refractivity contribution is -0.123. The van der Waals surface area contributed by atoms with Crippen molar-refractivity contribution in [3.63, 3.8) is 0 Å². The molecule has 0 aliphatic heterocycles. The fourth-order valence-corrected chi connectivity index (χ4v) is 3.18. The first-order chi connectivity index (χ1) is 10.3. The molecule has 1 aliphatic carbocycles. The van der Waals surface area contributed by atoms with Gasteiger partial charge in [-0.2, -0.15) is 0 Å². The molecule has 1 aromatic heterocycles. The molecule has 1 N–H and O–H groups in total. The number of hydrogen-bond acceptors (Lipinski definition) is 2. The molecular weight excluding hydrogens is 272 g/mol. The van der Waals surface area contributed by atoms with Gasteiger partial charge in [0.15, 0.2) is 0 Å². The van der Waals surface area contributed by atoms with Crippen LogP contribution in [0.25, 0.3) is 0 Å². The second-order valence-corrected chi connectivity index (χ2v) is 7.29. The van der Waals surface area contributed by atoms with Crippen molar-refractivity contribution in [2.24, 2.45) is 17.3 Å². The molecule has 1 fully saturated rings. The molecule has 0 aromatic carbocycles. The molecule has 2 rings (SSSR count). The highest BCUT2D eigenvalue weighted by atomic mass is 16.2. The van der Waals surface area contributed by atoms with Crippen LogP contribution in [0.2, 0.25) is 0 Å². The van der Waals surface area contributed by atoms with Gasteiger partial charge < -0.3 is 5.32 Å². The van der Waals surface area contributed by atoms with Crippen molar-refractivity contribution in [1.82, 2.24) is 10.3 Å². The lowest BCUT2D eigenvalue weighted by Gasteiger charge is -2.06. The minimum atomic E-state index is 0.0967. The highest BCUT2D eigenvalue weighted by Crippen LogP contribution is 2.59. The number of hydrogen-bond donors (Lipinski definition) is 1. The van der Waals surface area contributed by atoms with Crippen molar-refractivity contribution in [2.45, 2.75) is 47.5 Å². The van der Waals surface area contributed by atoms with E-state index in [9.17, 15) is 4.79 Å². The van der Waals surface area contributed by atoms with Gasteiger partial charge >= 0.3 is 0 Å². The summed E-state index contributed by atoms with van der Waals surface area (Å²) in [5, 5.41) is 3.09. The van der Waals surface area contributed by atoms with Crippen molar-refractivity contribution in [2.75, 3.05) is 6.54 Å². The van der Waals surface area contributed by atoms with Crippen molar-refractivity contribution in [1.29, 1.82) is 0 Å². The third-order valence-corrected chi connectivity index (χ3v) is 4.59. The van der Waals surface area contributed by atoms with E-state index in [0.29, 0.717) is 5.92 Å². The standard InChI is InChI=1S/C19H28N2O/c1-13(2)11-16-17(19(16,4)5)18(22)21-9-6-7-15-12-14(3)8-10-20-15/h8,10-12,16-17H,6-7,9H2,1-5H3,(H,21,22). The summed E-state index contributed by atoms with van der Waals surface area (Å²) in [5.74, 6) is 0.708. The Kier molecular flexibility index (Phi) is 5.05. The molecule has 0 radical (unpaired) electrons. The molecule has 2 atom stereocenters. The molecule has 1 amide bonds. The molecule has 120 valence electrons. The minimum Gasteiger partial charge on any atom is -0.356 e. The zero-order valence-corrected chi connectivity index (χ0v) is 14.4. The van der Waals surface area contributed by atoms with Gasteiger partial charge in [-0.1, -0.05) is 25.5 Å². The van der Waals surface area contributed by atoms with Gasteiger partial charge in [0.1, 0.15) is 0 Å². The van der Waals surface area contributed by atoms with Gasteiger partial charge in [-0.05, 0) is 62.6 Å². The van der Waals surface area contributed by atoms with Gasteiger partial charge in [0, 0.05) is 18.4 Å². The minimum absolute atomic E-state index is 0.0967. The Bertz CT molecular complexity index is 571. The van der Waals surface area contributed by atoms with Crippen LogP contribution in [-0.4, -0.2) is 17.4 Å². The van der Waals surface area contributed by atoms with Gasteiger partial charge in [-0.25, -0.2) is 0 Å². The van der Waals surface area contributed by atoms with E-state index in [1.54, 1.807) is 0 Å². The first-order valence-electron chi connectivity index (χ1n) is 8.16. The second kappa shape index (κ2) is 6.64. The molecule has 0 saturated heterocycles. The zero-order valence-electron chi connectivity index (χ0n) is 14.4. The van der Waals surface area contributed by atoms with Crippen LogP contribution in [0.1, 0.15) is 45.4 Å². The number of pyridine rings is 1. The number of nitrogens with one attached hydrogen (secondary N) is 1. The predicted molar refractivity (Wildman–Crippen MR) is 90.5 cm³/mol. The average Bonchev–Trinajstić information content (AvgIpc) is 2.95. The molecule has 0 spiro atoms. The van der Waals surface area contributed by atoms with Crippen LogP contribution in [0.4, 0.5) is 0 Å². The van der Waals surface area contributed by atoms with E-state index in [2.05, 4.69) is 57.1 Å². The summed E-state index contributed by atoms with van der Waals surface area (Å²) in [7, 11) is 0. The van der Waals surface area contributed by atoms with Gasteiger partial charge in [0.25, 0.3) is 0 Å². The van der Waals surface area contributed by atoms with Crippen molar-refractivity contribution >= 4 is 5.91 Å². The summed E-state index contributed by atoms with van der Waals surface area (Å²) in [6.45, 7) is 11.3. The maximum Gasteiger partial charge on any atom is 0.224 e. The topological polar surface area (TPSA) is 42.0 Å². The summed E-state index contributed by atoms with van der Waals surface area (Å²) in [4.78, 5) is 16.7. The normalized spacial score (nSPS) is 22.0. The fraction of sp³-hybridized carbons (Fsp3) is 0.579. The summed E-state index contributed by atoms with van der Waals surface area (Å²) < 4.78 is 0. The quantitative estimate of drug-likeness (QED) is 0.643. The van der Waals surface area contributed by atoms with Crippen LogP contribution in [0, 0.1) is 24.2 Å². The average molecular weight is 300 g/mol. The van der Waals surface area contributed by atoms with Crippen LogP contribution in [-0.2, 0) is 11.2 Å². The summed E-state index contributed by atoms with van der Waals surface area (Å²) in [6.07, 6.45) is 5.93. The van der Waals surface area contributed by atoms with Crippen molar-refractivity contribution in [3.8, 4) is 0 Å². The largest absolute Gasteiger partial charge is 0.356 e. The lowest BCUT2D eigenvalue weighted by Crippen LogP contribution is -2.28. The SMILES string of the molecule is CC(C)=CC1C(C(=O)NCCCc2cc(C)ccn2)C1(C)C. The van der Waals surface area contributed by atoms with Crippen LogP contribution < -0.4 is 5.32 Å². The van der Waals surface area contributed by atoms with Crippen molar-refractivity contribution in [3.05, 3.63) is 41.2 Å². The molecular formula is C19H28N2O. The molecule has 3 nitrogen and oxygen atoms in total. The third kappa shape index (κ3) is 3.96. The van der Waals surface area contributed by atoms with E-state index in [1.165, 1.54) is 11.1 Å². The number of carbonyl (C=O) groups is 1. The second-order valence-electron chi connectivity index (χ2n) is 7.29. The van der Waals surface area contributed by atoms with Crippen LogP contribution >= 0.6 is 0 Å². The van der Waals surface area contributed by atoms with Crippen LogP contribution in [0.5, 0.6) is 0 Å². The van der Waals surface area contributed by atoms with Crippen LogP contribution in [0.15, 0.2) is 30.0 Å². The fourth-order valence-electron chi connectivity index (χ4n) is 3.18. The number of amides is 1. The maximum absolute atomic E-state index is 12.3. The van der Waals surface area contributed by atoms with Gasteiger partial charge in [0.05, 0.1) is 5.92 Å². The van der Waals surface area contributed by atoms with Crippen LogP contribution in [0.3, 0.4) is 0 Å². The lowest BCUT2D eigenvalue weighted by atomic mass is 10.1. The highest BCUT2D eigenvalue weighted by Gasteiger charge is 2.60. The third-order valence-electron chi connectivity index (χ3n) is 4.59. The van der Waals surface area contributed by atoms with E-state index in [4.69, 9.17) is 0 Å². The number of nitrogens with zero attached hydrogens (tertiary/aromatic N) is 1. The van der Waals surface area contributed by atoms with Crippen molar-refractivity contribution < 1.29 is 4.79 Å². The van der Waals surface area contributed by atoms with E-state index in [0.717, 1.165) is 25.1 Å². The van der Waals surface area contributed by atoms with E-state index < -0.39 is 0 Å². The first kappa shape index (κ1) is 16.7. The van der Waals surface area contributed by atoms with E-state index in [-0.39, 0.29) is 17.2 Å². The summed E-state index contributed by atoms with van der Waals surface area (Å²) in [5.41, 5.74) is 3.72. The molecule has 1 heterocycles. The monoisotopic (exact) mass is 300 g/mol. The van der Waals surface area contributed by atoms with Gasteiger partial charge in [0.2, 0.25) is 5.91 Å². The number of aryl methyl sites for hydroxylation is 2. The Morgan fingerprint density at radius 1 is 1.41 bits per heavy atom. The molecule has 3 heteroatoms. The number of carbonyl (C=O) groups excluding carboxylic acids is 1. The number of rotatable bonds is 6. The Balaban J connectivity index is 1.76. The van der Waals surface area contributed by atoms with Gasteiger partial charge in [-0.15, -0.1) is 0 Å². The summed E-state index contributed by atoms with van der Waals surface area (Å²) >= 11 is 0. The van der Waals surface area contributed by atoms with Gasteiger partial charge in [-0.3, -0.25) is 9.78 Å². The van der Waals surface area contributed by atoms with E-state index in [1.807, 2.05) is 12.3 Å². The Morgan fingerprint density at radius 3 is 2.77 bits per heavy atom. The molecule has 2 unspecified atom stereocenters.